The molecule has 0 spiro atoms. The average Bonchev–Trinajstić information content (AvgIpc) is 2.03. The Morgan fingerprint density at radius 3 is 2.17 bits per heavy atom. The Bertz CT molecular complexity index is 256. The van der Waals surface area contributed by atoms with Crippen molar-refractivity contribution < 1.29 is 10.2 Å². The summed E-state index contributed by atoms with van der Waals surface area (Å²) in [4.78, 5) is 0. The van der Waals surface area contributed by atoms with Crippen LogP contribution in [-0.4, -0.2) is 16.8 Å². The smallest absolute Gasteiger partial charge is 0.105 e. The molecule has 0 saturated heterocycles. The fourth-order valence-electron chi connectivity index (χ4n) is 0.920. The molecule has 12 heavy (non-hydrogen) atoms. The molecule has 0 bridgehead atoms. The second kappa shape index (κ2) is 4.10. The largest absolute Gasteiger partial charge is 0.393 e. The van der Waals surface area contributed by atoms with Crippen LogP contribution in [0.2, 0.25) is 10.0 Å². The first-order valence-electron chi connectivity index (χ1n) is 3.39. The van der Waals surface area contributed by atoms with E-state index in [0.29, 0.717) is 15.6 Å². The number of hydrogen-bond acceptors (Lipinski definition) is 2. The molecule has 0 fully saturated rings. The number of aliphatic hydroxyl groups excluding tert-OH is 2. The van der Waals surface area contributed by atoms with Gasteiger partial charge in [0.25, 0.3) is 0 Å². The summed E-state index contributed by atoms with van der Waals surface area (Å²) in [6, 6.07) is 4.90. The molecular formula is C8H8Cl2O2. The van der Waals surface area contributed by atoms with Crippen LogP contribution in [0.5, 0.6) is 0 Å². The summed E-state index contributed by atoms with van der Waals surface area (Å²) >= 11 is 11.5. The highest BCUT2D eigenvalue weighted by Crippen LogP contribution is 2.29. The van der Waals surface area contributed by atoms with Crippen molar-refractivity contribution in [3.63, 3.8) is 0 Å². The fourth-order valence-corrected chi connectivity index (χ4v) is 1.57. The zero-order valence-electron chi connectivity index (χ0n) is 6.17. The van der Waals surface area contributed by atoms with E-state index in [-0.39, 0.29) is 6.61 Å². The Morgan fingerprint density at radius 1 is 1.25 bits per heavy atom. The molecule has 0 unspecified atom stereocenters. The lowest BCUT2D eigenvalue weighted by Gasteiger charge is -2.10. The zero-order chi connectivity index (χ0) is 9.14. The molecule has 0 radical (unpaired) electrons. The molecule has 2 N–H and O–H groups in total. The van der Waals surface area contributed by atoms with E-state index in [4.69, 9.17) is 28.3 Å². The summed E-state index contributed by atoms with van der Waals surface area (Å²) in [5.41, 5.74) is 0.378. The molecule has 0 aliphatic heterocycles. The van der Waals surface area contributed by atoms with Crippen LogP contribution >= 0.6 is 23.2 Å². The summed E-state index contributed by atoms with van der Waals surface area (Å²) in [7, 11) is 0. The van der Waals surface area contributed by atoms with E-state index in [1.807, 2.05) is 0 Å². The van der Waals surface area contributed by atoms with E-state index in [9.17, 15) is 5.11 Å². The van der Waals surface area contributed by atoms with Crippen molar-refractivity contribution in [2.24, 2.45) is 0 Å². The fraction of sp³-hybridized carbons (Fsp3) is 0.250. The molecular weight excluding hydrogens is 199 g/mol. The first-order chi connectivity index (χ1) is 5.66. The number of hydrogen-bond donors (Lipinski definition) is 2. The third kappa shape index (κ3) is 1.90. The van der Waals surface area contributed by atoms with Crippen molar-refractivity contribution in [1.82, 2.24) is 0 Å². The van der Waals surface area contributed by atoms with E-state index in [1.165, 1.54) is 0 Å². The Morgan fingerprint density at radius 2 is 1.75 bits per heavy atom. The van der Waals surface area contributed by atoms with Gasteiger partial charge in [-0.15, -0.1) is 0 Å². The average molecular weight is 207 g/mol. The van der Waals surface area contributed by atoms with Gasteiger partial charge in [-0.05, 0) is 12.1 Å². The maximum Gasteiger partial charge on any atom is 0.105 e. The lowest BCUT2D eigenvalue weighted by atomic mass is 10.1. The van der Waals surface area contributed by atoms with Crippen LogP contribution in [-0.2, 0) is 0 Å². The Kier molecular flexibility index (Phi) is 3.35. The van der Waals surface area contributed by atoms with Gasteiger partial charge >= 0.3 is 0 Å². The van der Waals surface area contributed by atoms with Crippen LogP contribution in [0.3, 0.4) is 0 Å². The van der Waals surface area contributed by atoms with E-state index in [1.54, 1.807) is 18.2 Å². The molecule has 4 heteroatoms. The molecule has 1 aromatic carbocycles. The van der Waals surface area contributed by atoms with Gasteiger partial charge in [0, 0.05) is 15.6 Å². The molecule has 1 aromatic rings. The molecule has 1 atom stereocenters. The monoisotopic (exact) mass is 206 g/mol. The lowest BCUT2D eigenvalue weighted by Crippen LogP contribution is -2.03. The molecule has 0 aromatic heterocycles. The number of aliphatic hydroxyl groups is 2. The minimum atomic E-state index is -1.01. The maximum absolute atomic E-state index is 9.27. The van der Waals surface area contributed by atoms with Gasteiger partial charge in [0.1, 0.15) is 6.10 Å². The van der Waals surface area contributed by atoms with Crippen molar-refractivity contribution in [3.8, 4) is 0 Å². The summed E-state index contributed by atoms with van der Waals surface area (Å²) in [5, 5.41) is 18.7. The first-order valence-corrected chi connectivity index (χ1v) is 4.15. The lowest BCUT2D eigenvalue weighted by molar-refractivity contribution is 0.0957. The molecule has 0 aliphatic rings. The third-order valence-electron chi connectivity index (χ3n) is 1.51. The summed E-state index contributed by atoms with van der Waals surface area (Å²) in [6.45, 7) is -0.385. The quantitative estimate of drug-likeness (QED) is 0.778. The SMILES string of the molecule is OC[C@H](O)c1c(Cl)cccc1Cl. The van der Waals surface area contributed by atoms with E-state index < -0.39 is 6.10 Å². The summed E-state index contributed by atoms with van der Waals surface area (Å²) < 4.78 is 0. The highest BCUT2D eigenvalue weighted by atomic mass is 35.5. The molecule has 0 amide bonds. The molecule has 1 rings (SSSR count). The van der Waals surface area contributed by atoms with Gasteiger partial charge in [0.15, 0.2) is 0 Å². The van der Waals surface area contributed by atoms with E-state index in [0.717, 1.165) is 0 Å². The number of halogens is 2. The van der Waals surface area contributed by atoms with Gasteiger partial charge < -0.3 is 10.2 Å². The van der Waals surface area contributed by atoms with Crippen LogP contribution in [0.15, 0.2) is 18.2 Å². The minimum Gasteiger partial charge on any atom is -0.393 e. The van der Waals surface area contributed by atoms with Crippen molar-refractivity contribution >= 4 is 23.2 Å². The van der Waals surface area contributed by atoms with E-state index >= 15 is 0 Å². The number of rotatable bonds is 2. The van der Waals surface area contributed by atoms with E-state index in [2.05, 4.69) is 0 Å². The predicted octanol–water partition coefficient (Wildman–Crippen LogP) is 2.02. The standard InChI is InChI=1S/C8H8Cl2O2/c9-5-2-1-3-6(10)8(5)7(12)4-11/h1-3,7,11-12H,4H2/t7-/m0/s1. The minimum absolute atomic E-state index is 0.365. The molecule has 2 nitrogen and oxygen atoms in total. The van der Waals surface area contributed by atoms with Gasteiger partial charge in [-0.25, -0.2) is 0 Å². The predicted molar refractivity (Wildman–Crippen MR) is 48.5 cm³/mol. The number of benzene rings is 1. The first kappa shape index (κ1) is 9.81. The van der Waals surface area contributed by atoms with Gasteiger partial charge in [0.2, 0.25) is 0 Å². The van der Waals surface area contributed by atoms with Crippen LogP contribution in [0, 0.1) is 0 Å². The van der Waals surface area contributed by atoms with Crippen LogP contribution in [0.25, 0.3) is 0 Å². The third-order valence-corrected chi connectivity index (χ3v) is 2.17. The van der Waals surface area contributed by atoms with Crippen molar-refractivity contribution in [2.45, 2.75) is 6.10 Å². The Balaban J connectivity index is 3.12. The molecule has 0 saturated carbocycles. The maximum atomic E-state index is 9.27. The van der Waals surface area contributed by atoms with Gasteiger partial charge in [-0.3, -0.25) is 0 Å². The Labute approximate surface area is 80.4 Å². The zero-order valence-corrected chi connectivity index (χ0v) is 7.68. The normalized spacial score (nSPS) is 13.0. The van der Waals surface area contributed by atoms with Gasteiger partial charge in [0.05, 0.1) is 6.61 Å². The van der Waals surface area contributed by atoms with Gasteiger partial charge in [-0.2, -0.15) is 0 Å². The van der Waals surface area contributed by atoms with Crippen molar-refractivity contribution in [2.75, 3.05) is 6.61 Å². The van der Waals surface area contributed by atoms with Crippen LogP contribution in [0.1, 0.15) is 11.7 Å². The van der Waals surface area contributed by atoms with Gasteiger partial charge in [-0.1, -0.05) is 29.3 Å². The molecule has 0 heterocycles. The second-order valence-corrected chi connectivity index (χ2v) is 3.15. The van der Waals surface area contributed by atoms with Crippen LogP contribution < -0.4 is 0 Å². The molecule has 0 aliphatic carbocycles. The summed E-state index contributed by atoms with van der Waals surface area (Å²) in [6.07, 6.45) is -1.01. The second-order valence-electron chi connectivity index (χ2n) is 2.33. The van der Waals surface area contributed by atoms with Crippen LogP contribution in [0.4, 0.5) is 0 Å². The molecule has 66 valence electrons. The van der Waals surface area contributed by atoms with Crippen molar-refractivity contribution in [3.05, 3.63) is 33.8 Å². The van der Waals surface area contributed by atoms with Crippen molar-refractivity contribution in [1.29, 1.82) is 0 Å². The summed E-state index contributed by atoms with van der Waals surface area (Å²) in [5.74, 6) is 0. The highest BCUT2D eigenvalue weighted by Gasteiger charge is 2.13. The Hall–Kier alpha value is -0.280. The topological polar surface area (TPSA) is 40.5 Å². The highest BCUT2D eigenvalue weighted by molar-refractivity contribution is 6.36.